The number of hydrogen-bond donors (Lipinski definition) is 1. The fourth-order valence-corrected chi connectivity index (χ4v) is 5.09. The molecule has 4 rings (SSSR count). The summed E-state index contributed by atoms with van der Waals surface area (Å²) >= 11 is 0. The van der Waals surface area contributed by atoms with Crippen LogP contribution < -0.4 is 4.74 Å². The molecule has 0 radical (unpaired) electrons. The first-order valence-electron chi connectivity index (χ1n) is 12.8. The Labute approximate surface area is 220 Å². The molecule has 1 N–H and O–H groups in total. The predicted octanol–water partition coefficient (Wildman–Crippen LogP) is 5.31. The minimum Gasteiger partial charge on any atom is -0.467 e. The average Bonchev–Trinajstić information content (AvgIpc) is 3.35. The Kier molecular flexibility index (Phi) is 8.17. The van der Waals surface area contributed by atoms with Gasteiger partial charge < -0.3 is 24.2 Å². The number of nitrogens with zero attached hydrogens (tertiary/aromatic N) is 3. The van der Waals surface area contributed by atoms with Gasteiger partial charge in [-0.2, -0.15) is 18.3 Å². The molecule has 0 saturated carbocycles. The third kappa shape index (κ3) is 6.20. The van der Waals surface area contributed by atoms with Gasteiger partial charge in [0.15, 0.2) is 6.79 Å². The fourth-order valence-electron chi connectivity index (χ4n) is 5.09. The molecule has 2 atom stereocenters. The molecule has 1 aromatic carbocycles. The molecule has 11 heteroatoms. The largest absolute Gasteiger partial charge is 0.467 e. The Morgan fingerprint density at radius 1 is 1.16 bits per heavy atom. The van der Waals surface area contributed by atoms with Gasteiger partial charge in [-0.15, -0.1) is 5.10 Å². The van der Waals surface area contributed by atoms with Crippen molar-refractivity contribution >= 4 is 6.09 Å². The first-order chi connectivity index (χ1) is 17.9. The van der Waals surface area contributed by atoms with Gasteiger partial charge in [0, 0.05) is 31.7 Å². The molecule has 8 nitrogen and oxygen atoms in total. The van der Waals surface area contributed by atoms with Crippen molar-refractivity contribution in [2.45, 2.75) is 70.8 Å². The van der Waals surface area contributed by atoms with E-state index in [9.17, 15) is 23.1 Å². The molecule has 1 saturated heterocycles. The molecule has 0 spiro atoms. The average molecular weight is 538 g/mol. The van der Waals surface area contributed by atoms with E-state index in [4.69, 9.17) is 14.2 Å². The van der Waals surface area contributed by atoms with Gasteiger partial charge in [-0.05, 0) is 82.2 Å². The van der Waals surface area contributed by atoms with Crippen LogP contribution in [0.1, 0.15) is 68.5 Å². The molecular formula is C27H34F3N3O5. The number of amides is 1. The van der Waals surface area contributed by atoms with Crippen LogP contribution in [-0.4, -0.2) is 58.9 Å². The lowest BCUT2D eigenvalue weighted by molar-refractivity contribution is -0.137. The van der Waals surface area contributed by atoms with E-state index in [1.807, 2.05) is 20.8 Å². The summed E-state index contributed by atoms with van der Waals surface area (Å²) in [5, 5.41) is 20.1. The van der Waals surface area contributed by atoms with Crippen LogP contribution >= 0.6 is 0 Å². The highest BCUT2D eigenvalue weighted by Gasteiger charge is 2.36. The van der Waals surface area contributed by atoms with Crippen molar-refractivity contribution in [1.82, 2.24) is 15.1 Å². The van der Waals surface area contributed by atoms with Crippen LogP contribution in [0.25, 0.3) is 11.3 Å². The summed E-state index contributed by atoms with van der Waals surface area (Å²) in [7, 11) is 1.39. The van der Waals surface area contributed by atoms with Gasteiger partial charge in [0.25, 0.3) is 0 Å². The summed E-state index contributed by atoms with van der Waals surface area (Å²) in [5.41, 5.74) is 1.53. The minimum absolute atomic E-state index is 0.00124. The van der Waals surface area contributed by atoms with E-state index in [0.717, 1.165) is 36.1 Å². The topological polar surface area (TPSA) is 94.0 Å². The van der Waals surface area contributed by atoms with Crippen LogP contribution in [0.3, 0.4) is 0 Å². The highest BCUT2D eigenvalue weighted by atomic mass is 19.4. The zero-order chi connectivity index (χ0) is 27.7. The van der Waals surface area contributed by atoms with E-state index in [0.29, 0.717) is 49.3 Å². The summed E-state index contributed by atoms with van der Waals surface area (Å²) in [5.74, 6) is -0.244. The van der Waals surface area contributed by atoms with Crippen LogP contribution in [0, 0.1) is 5.92 Å². The molecular weight excluding hydrogens is 503 g/mol. The van der Waals surface area contributed by atoms with E-state index in [-0.39, 0.29) is 18.5 Å². The Morgan fingerprint density at radius 2 is 1.89 bits per heavy atom. The number of carbonyl (C=O) groups is 1. The maximum atomic E-state index is 13.3. The second kappa shape index (κ2) is 11.1. The van der Waals surface area contributed by atoms with Gasteiger partial charge in [-0.1, -0.05) is 0 Å². The molecule has 0 unspecified atom stereocenters. The standard InChI is InChI=1S/C27H34F3N3O5/c1-26(2,3)38-25(35)33-12-6-7-16(14-33)24(34)23-19-9-5-8-18(19)22(31-32-23)20-11-10-17(27(28,29)30)13-21(20)37-15-36-4/h10-11,13,16,24,34H,5-9,12,14-15H2,1-4H3/t16-,24-/m1/s1. The molecule has 208 valence electrons. The lowest BCUT2D eigenvalue weighted by Gasteiger charge is -2.36. The van der Waals surface area contributed by atoms with Gasteiger partial charge in [0.1, 0.15) is 23.1 Å². The van der Waals surface area contributed by atoms with Crippen LogP contribution in [-0.2, 0) is 28.5 Å². The van der Waals surface area contributed by atoms with E-state index in [1.54, 1.807) is 4.90 Å². The zero-order valence-corrected chi connectivity index (χ0v) is 22.1. The Morgan fingerprint density at radius 3 is 2.58 bits per heavy atom. The van der Waals surface area contributed by atoms with Crippen LogP contribution in [0.4, 0.5) is 18.0 Å². The summed E-state index contributed by atoms with van der Waals surface area (Å²) < 4.78 is 55.9. The van der Waals surface area contributed by atoms with E-state index in [2.05, 4.69) is 10.2 Å². The number of carbonyl (C=O) groups excluding carboxylic acids is 1. The smallest absolute Gasteiger partial charge is 0.416 e. The SMILES string of the molecule is COCOc1cc(C(F)(F)F)ccc1-c1nnc([C@H](O)[C@@H]2CCCN(C(=O)OC(C)(C)C)C2)c2c1CCC2. The number of ether oxygens (including phenoxy) is 3. The van der Waals surface area contributed by atoms with Crippen molar-refractivity contribution in [2.24, 2.45) is 5.92 Å². The summed E-state index contributed by atoms with van der Waals surface area (Å²) in [4.78, 5) is 14.2. The van der Waals surface area contributed by atoms with Crippen molar-refractivity contribution in [3.05, 3.63) is 40.6 Å². The Balaban J connectivity index is 1.63. The summed E-state index contributed by atoms with van der Waals surface area (Å²) in [6.45, 7) is 6.09. The third-order valence-corrected chi connectivity index (χ3v) is 6.80. The maximum absolute atomic E-state index is 13.3. The molecule has 1 aliphatic carbocycles. The highest BCUT2D eigenvalue weighted by molar-refractivity contribution is 5.72. The first kappa shape index (κ1) is 28.1. The Hall–Kier alpha value is -2.92. The third-order valence-electron chi connectivity index (χ3n) is 6.80. The summed E-state index contributed by atoms with van der Waals surface area (Å²) in [6, 6.07) is 3.27. The number of benzene rings is 1. The number of aliphatic hydroxyl groups is 1. The van der Waals surface area contributed by atoms with Crippen molar-refractivity contribution < 1.29 is 37.3 Å². The molecule has 1 aromatic heterocycles. The number of halogens is 3. The van der Waals surface area contributed by atoms with E-state index >= 15 is 0 Å². The number of fused-ring (bicyclic) bond motifs is 1. The highest BCUT2D eigenvalue weighted by Crippen LogP contribution is 2.42. The number of rotatable bonds is 6. The van der Waals surface area contributed by atoms with Gasteiger partial charge >= 0.3 is 12.3 Å². The normalized spacial score (nSPS) is 18.7. The zero-order valence-electron chi connectivity index (χ0n) is 22.1. The first-order valence-corrected chi connectivity index (χ1v) is 12.8. The molecule has 38 heavy (non-hydrogen) atoms. The van der Waals surface area contributed by atoms with Gasteiger partial charge in [-0.3, -0.25) is 0 Å². The lowest BCUT2D eigenvalue weighted by atomic mass is 9.88. The molecule has 2 aromatic rings. The number of methoxy groups -OCH3 is 1. The van der Waals surface area contributed by atoms with Crippen LogP contribution in [0.2, 0.25) is 0 Å². The molecule has 1 fully saturated rings. The van der Waals surface area contributed by atoms with Gasteiger partial charge in [-0.25, -0.2) is 4.79 Å². The molecule has 1 amide bonds. The quantitative estimate of drug-likeness (QED) is 0.499. The molecule has 2 aliphatic rings. The van der Waals surface area contributed by atoms with Crippen molar-refractivity contribution in [3.8, 4) is 17.0 Å². The number of piperidine rings is 1. The minimum atomic E-state index is -4.53. The molecule has 0 bridgehead atoms. The second-order valence-corrected chi connectivity index (χ2v) is 10.8. The molecule has 2 heterocycles. The molecule has 1 aliphatic heterocycles. The number of hydrogen-bond acceptors (Lipinski definition) is 7. The lowest BCUT2D eigenvalue weighted by Crippen LogP contribution is -2.44. The summed E-state index contributed by atoms with van der Waals surface area (Å²) in [6.07, 6.45) is -2.32. The second-order valence-electron chi connectivity index (χ2n) is 10.8. The number of aromatic nitrogens is 2. The van der Waals surface area contributed by atoms with Crippen molar-refractivity contribution in [1.29, 1.82) is 0 Å². The number of likely N-dealkylation sites (tertiary alicyclic amines) is 1. The van der Waals surface area contributed by atoms with Crippen molar-refractivity contribution in [2.75, 3.05) is 27.0 Å². The van der Waals surface area contributed by atoms with Crippen LogP contribution in [0.15, 0.2) is 18.2 Å². The van der Waals surface area contributed by atoms with Crippen molar-refractivity contribution in [3.63, 3.8) is 0 Å². The Bertz CT molecular complexity index is 1170. The van der Waals surface area contributed by atoms with Crippen LogP contribution in [0.5, 0.6) is 5.75 Å². The predicted molar refractivity (Wildman–Crippen MR) is 132 cm³/mol. The van der Waals surface area contributed by atoms with E-state index < -0.39 is 29.5 Å². The van der Waals surface area contributed by atoms with Gasteiger partial charge in [0.05, 0.1) is 11.3 Å². The number of alkyl halides is 3. The number of aliphatic hydroxyl groups excluding tert-OH is 1. The fraction of sp³-hybridized carbons (Fsp3) is 0.593. The maximum Gasteiger partial charge on any atom is 0.416 e. The van der Waals surface area contributed by atoms with Gasteiger partial charge in [0.2, 0.25) is 0 Å². The monoisotopic (exact) mass is 537 g/mol. The van der Waals surface area contributed by atoms with E-state index in [1.165, 1.54) is 13.2 Å².